The van der Waals surface area contributed by atoms with E-state index in [2.05, 4.69) is 10.3 Å². The van der Waals surface area contributed by atoms with Crippen LogP contribution in [0.5, 0.6) is 0 Å². The van der Waals surface area contributed by atoms with E-state index in [-0.39, 0.29) is 17.8 Å². The first-order valence-electron chi connectivity index (χ1n) is 8.41. The number of rotatable bonds is 3. The summed E-state index contributed by atoms with van der Waals surface area (Å²) in [6.07, 6.45) is 0. The van der Waals surface area contributed by atoms with Crippen molar-refractivity contribution in [1.82, 2.24) is 9.88 Å². The fraction of sp³-hybridized carbons (Fsp3) is 0.158. The summed E-state index contributed by atoms with van der Waals surface area (Å²) in [5.74, 6) is 0.284. The van der Waals surface area contributed by atoms with E-state index in [1.54, 1.807) is 42.5 Å². The number of anilines is 2. The van der Waals surface area contributed by atoms with Gasteiger partial charge >= 0.3 is 0 Å². The van der Waals surface area contributed by atoms with Crippen molar-refractivity contribution in [2.75, 3.05) is 22.7 Å². The zero-order chi connectivity index (χ0) is 19.7. The Morgan fingerprint density at radius 3 is 2.82 bits per heavy atom. The van der Waals surface area contributed by atoms with Gasteiger partial charge in [0.2, 0.25) is 5.91 Å². The van der Waals surface area contributed by atoms with Gasteiger partial charge in [-0.25, -0.2) is 0 Å². The van der Waals surface area contributed by atoms with E-state index in [1.807, 2.05) is 6.07 Å². The molecule has 9 heteroatoms. The third-order valence-electron chi connectivity index (χ3n) is 4.39. The number of nitrogens with one attached hydrogen (secondary N) is 1. The van der Waals surface area contributed by atoms with Crippen LogP contribution in [0.2, 0.25) is 0 Å². The number of carbonyl (C=O) groups excluding carboxylic acids is 2. The van der Waals surface area contributed by atoms with E-state index in [4.69, 9.17) is 15.4 Å². The van der Waals surface area contributed by atoms with Crippen molar-refractivity contribution in [2.24, 2.45) is 0 Å². The topological polar surface area (TPSA) is 125 Å². The molecule has 1 aliphatic rings. The fourth-order valence-electron chi connectivity index (χ4n) is 3.00. The number of hydrogen-bond acceptors (Lipinski definition) is 7. The normalized spacial score (nSPS) is 16.1. The van der Waals surface area contributed by atoms with E-state index in [0.29, 0.717) is 39.5 Å². The zero-order valence-electron chi connectivity index (χ0n) is 14.6. The maximum Gasteiger partial charge on any atom is 0.293 e. The number of fused-ring (bicyclic) bond motifs is 1. The van der Waals surface area contributed by atoms with Gasteiger partial charge < -0.3 is 20.4 Å². The lowest BCUT2D eigenvalue weighted by Gasteiger charge is -2.23. The van der Waals surface area contributed by atoms with Gasteiger partial charge in [0.15, 0.2) is 5.58 Å². The summed E-state index contributed by atoms with van der Waals surface area (Å²) in [6, 6.07) is 13.0. The maximum absolute atomic E-state index is 13.1. The first-order valence-corrected chi connectivity index (χ1v) is 9.57. The molecule has 1 saturated heterocycles. The van der Waals surface area contributed by atoms with Crippen molar-refractivity contribution in [3.8, 4) is 6.07 Å². The molecule has 2 heterocycles. The van der Waals surface area contributed by atoms with Crippen LogP contribution >= 0.6 is 11.8 Å². The van der Waals surface area contributed by atoms with Crippen LogP contribution in [0.4, 0.5) is 11.7 Å². The van der Waals surface area contributed by atoms with Crippen LogP contribution in [-0.4, -0.2) is 39.4 Å². The largest absolute Gasteiger partial charge is 0.423 e. The summed E-state index contributed by atoms with van der Waals surface area (Å²) in [5.41, 5.74) is 7.80. The highest BCUT2D eigenvalue weighted by Gasteiger charge is 2.36. The third-order valence-corrected chi connectivity index (χ3v) is 5.40. The summed E-state index contributed by atoms with van der Waals surface area (Å²) in [4.78, 5) is 31.4. The highest BCUT2D eigenvalue weighted by molar-refractivity contribution is 7.99. The first kappa shape index (κ1) is 17.9. The summed E-state index contributed by atoms with van der Waals surface area (Å²) >= 11 is 1.50. The minimum atomic E-state index is -0.622. The molecule has 1 unspecified atom stereocenters. The average Bonchev–Trinajstić information content (AvgIpc) is 3.33. The molecule has 0 saturated carbocycles. The molecule has 0 spiro atoms. The summed E-state index contributed by atoms with van der Waals surface area (Å²) in [6.45, 7) is 0. The number of oxazole rings is 1. The number of nitrogen functional groups attached to an aromatic ring is 1. The second-order valence-corrected chi connectivity index (χ2v) is 7.17. The van der Waals surface area contributed by atoms with Gasteiger partial charge in [-0.1, -0.05) is 6.07 Å². The molecule has 1 aliphatic heterocycles. The summed E-state index contributed by atoms with van der Waals surface area (Å²) in [5, 5.41) is 11.7. The zero-order valence-corrected chi connectivity index (χ0v) is 15.4. The van der Waals surface area contributed by atoms with Crippen LogP contribution < -0.4 is 11.1 Å². The fourth-order valence-corrected chi connectivity index (χ4v) is 4.16. The number of nitrogens with two attached hydrogens (primary N) is 1. The van der Waals surface area contributed by atoms with Crippen LogP contribution in [0.3, 0.4) is 0 Å². The molecule has 28 heavy (non-hydrogen) atoms. The Bertz CT molecular complexity index is 1100. The van der Waals surface area contributed by atoms with Gasteiger partial charge in [-0.2, -0.15) is 10.2 Å². The number of amides is 2. The number of benzene rings is 2. The number of hydrogen-bond donors (Lipinski definition) is 2. The van der Waals surface area contributed by atoms with Gasteiger partial charge in [0, 0.05) is 11.4 Å². The molecule has 2 aromatic carbocycles. The Morgan fingerprint density at radius 2 is 2.07 bits per heavy atom. The number of para-hydroxylation sites is 1. The van der Waals surface area contributed by atoms with Gasteiger partial charge in [0.25, 0.3) is 11.9 Å². The number of aromatic nitrogens is 1. The van der Waals surface area contributed by atoms with E-state index in [0.717, 1.165) is 0 Å². The van der Waals surface area contributed by atoms with Crippen molar-refractivity contribution in [2.45, 2.75) is 6.04 Å². The molecule has 0 aliphatic carbocycles. The smallest absolute Gasteiger partial charge is 0.293 e. The van der Waals surface area contributed by atoms with Crippen molar-refractivity contribution in [3.05, 3.63) is 53.6 Å². The van der Waals surface area contributed by atoms with Gasteiger partial charge in [0.05, 0.1) is 23.1 Å². The molecule has 3 aromatic rings. The Morgan fingerprint density at radius 1 is 1.29 bits per heavy atom. The molecule has 2 amide bonds. The van der Waals surface area contributed by atoms with Crippen LogP contribution in [-0.2, 0) is 4.79 Å². The van der Waals surface area contributed by atoms with Crippen molar-refractivity contribution >= 4 is 46.4 Å². The number of nitriles is 1. The SMILES string of the molecule is N#Cc1ccc(NC(=O)C2CSCN2C(=O)c2cccc3nc(N)oc23)cc1. The molecule has 3 N–H and O–H groups in total. The van der Waals surface area contributed by atoms with E-state index in [9.17, 15) is 9.59 Å². The number of carbonyl (C=O) groups is 2. The Hall–Kier alpha value is -3.51. The minimum Gasteiger partial charge on any atom is -0.423 e. The van der Waals surface area contributed by atoms with Crippen LogP contribution in [0.15, 0.2) is 46.9 Å². The van der Waals surface area contributed by atoms with Gasteiger partial charge in [-0.05, 0) is 36.4 Å². The highest BCUT2D eigenvalue weighted by atomic mass is 32.2. The van der Waals surface area contributed by atoms with E-state index >= 15 is 0 Å². The van der Waals surface area contributed by atoms with Crippen molar-refractivity contribution < 1.29 is 14.0 Å². The van der Waals surface area contributed by atoms with Gasteiger partial charge in [0.1, 0.15) is 11.6 Å². The molecule has 1 atom stereocenters. The molecule has 8 nitrogen and oxygen atoms in total. The number of nitrogens with zero attached hydrogens (tertiary/aromatic N) is 3. The quantitative estimate of drug-likeness (QED) is 0.700. The predicted molar refractivity (Wildman–Crippen MR) is 105 cm³/mol. The summed E-state index contributed by atoms with van der Waals surface area (Å²) in [7, 11) is 0. The van der Waals surface area contributed by atoms with Gasteiger partial charge in [-0.3, -0.25) is 9.59 Å². The molecule has 1 fully saturated rings. The molecule has 140 valence electrons. The van der Waals surface area contributed by atoms with Crippen molar-refractivity contribution in [3.63, 3.8) is 0 Å². The number of thioether (sulfide) groups is 1. The second-order valence-electron chi connectivity index (χ2n) is 6.17. The van der Waals surface area contributed by atoms with E-state index < -0.39 is 6.04 Å². The lowest BCUT2D eigenvalue weighted by Crippen LogP contribution is -2.44. The first-order chi connectivity index (χ1) is 13.6. The van der Waals surface area contributed by atoms with Crippen LogP contribution in [0.25, 0.3) is 11.1 Å². The molecule has 0 radical (unpaired) electrons. The lowest BCUT2D eigenvalue weighted by molar-refractivity contribution is -0.119. The third kappa shape index (κ3) is 3.25. The summed E-state index contributed by atoms with van der Waals surface area (Å²) < 4.78 is 5.38. The molecular formula is C19H15N5O3S. The van der Waals surface area contributed by atoms with Crippen LogP contribution in [0, 0.1) is 11.3 Å². The maximum atomic E-state index is 13.1. The average molecular weight is 393 g/mol. The van der Waals surface area contributed by atoms with Crippen LogP contribution in [0.1, 0.15) is 15.9 Å². The molecule has 1 aromatic heterocycles. The highest BCUT2D eigenvalue weighted by Crippen LogP contribution is 2.28. The van der Waals surface area contributed by atoms with Gasteiger partial charge in [-0.15, -0.1) is 11.8 Å². The lowest BCUT2D eigenvalue weighted by atomic mass is 10.1. The van der Waals surface area contributed by atoms with E-state index in [1.165, 1.54) is 16.7 Å². The second kappa shape index (κ2) is 7.25. The Kier molecular flexibility index (Phi) is 4.63. The molecular weight excluding hydrogens is 378 g/mol. The minimum absolute atomic E-state index is 0.0128. The Labute approximate surface area is 164 Å². The molecule has 0 bridgehead atoms. The standard InChI is InChI=1S/C19H15N5O3S/c20-8-11-4-6-12(7-5-11)22-17(25)15-9-28-10-24(15)18(26)13-2-1-3-14-16(13)27-19(21)23-14/h1-7,15H,9-10H2,(H2,21,23)(H,22,25). The van der Waals surface area contributed by atoms with Crippen molar-refractivity contribution in [1.29, 1.82) is 5.26 Å². The Balaban J connectivity index is 1.56. The monoisotopic (exact) mass is 393 g/mol. The predicted octanol–water partition coefficient (Wildman–Crippen LogP) is 2.44. The molecule has 4 rings (SSSR count).